The summed E-state index contributed by atoms with van der Waals surface area (Å²) < 4.78 is 2.38. The van der Waals surface area contributed by atoms with E-state index in [9.17, 15) is 4.79 Å². The molecular weight excluding hydrogens is 322 g/mol. The molecule has 0 bridgehead atoms. The highest BCUT2D eigenvalue weighted by atomic mass is 32.2. The maximum absolute atomic E-state index is 11.2. The maximum atomic E-state index is 11.2. The number of carbonyl (C=O) groups is 1. The molecule has 2 saturated heterocycles. The Bertz CT molecular complexity index is 528. The summed E-state index contributed by atoms with van der Waals surface area (Å²) >= 11 is 1.80. The molecule has 2 fully saturated rings. The average molecular weight is 352 g/mol. The third kappa shape index (κ3) is 5.44. The molecular formula is C17H29N5OS. The van der Waals surface area contributed by atoms with E-state index in [1.165, 1.54) is 4.90 Å². The number of rotatable bonds is 2. The summed E-state index contributed by atoms with van der Waals surface area (Å²) in [5.41, 5.74) is 0.757. The molecule has 2 aliphatic heterocycles. The fourth-order valence-electron chi connectivity index (χ4n) is 2.40. The molecule has 1 amide bonds. The zero-order valence-electron chi connectivity index (χ0n) is 15.1. The summed E-state index contributed by atoms with van der Waals surface area (Å²) in [7, 11) is 1.97. The smallest absolute Gasteiger partial charge is 0.239 e. The van der Waals surface area contributed by atoms with Gasteiger partial charge in [-0.05, 0) is 51.9 Å². The molecule has 0 atom stereocenters. The Hall–Kier alpha value is -1.15. The first-order valence-electron chi connectivity index (χ1n) is 8.45. The van der Waals surface area contributed by atoms with Gasteiger partial charge in [-0.1, -0.05) is 0 Å². The van der Waals surface area contributed by atoms with Crippen molar-refractivity contribution in [2.75, 3.05) is 46.3 Å². The van der Waals surface area contributed by atoms with Crippen molar-refractivity contribution in [1.29, 1.82) is 0 Å². The van der Waals surface area contributed by atoms with Gasteiger partial charge in [-0.3, -0.25) is 14.7 Å². The summed E-state index contributed by atoms with van der Waals surface area (Å²) in [5, 5.41) is 6.16. The maximum Gasteiger partial charge on any atom is 0.239 e. The van der Waals surface area contributed by atoms with Gasteiger partial charge in [0.1, 0.15) is 0 Å². The van der Waals surface area contributed by atoms with Crippen molar-refractivity contribution >= 4 is 17.9 Å². The number of aromatic nitrogens is 1. The van der Waals surface area contributed by atoms with Crippen LogP contribution in [-0.2, 0) is 4.79 Å². The van der Waals surface area contributed by atoms with Crippen LogP contribution in [0, 0.1) is 6.92 Å². The lowest BCUT2D eigenvalue weighted by Crippen LogP contribution is -2.60. The summed E-state index contributed by atoms with van der Waals surface area (Å²) in [6.07, 6.45) is 1.95. The molecule has 0 radical (unpaired) electrons. The zero-order chi connectivity index (χ0) is 17.6. The van der Waals surface area contributed by atoms with Crippen LogP contribution in [0.25, 0.3) is 0 Å². The standard InChI is InChI=1S/C10H15N3S.C7H14N2O/c1-9-2-3-10(8-12-9)14-13-6-4-11-5-7-13;1-7(2)6(10)8-4-5-9(7)3/h2-3,8,11H,4-7H2,1H3;4-5H2,1-3H3,(H,8,10). The third-order valence-corrected chi connectivity index (χ3v) is 5.51. The van der Waals surface area contributed by atoms with Gasteiger partial charge in [0, 0.05) is 56.1 Å². The van der Waals surface area contributed by atoms with Crippen molar-refractivity contribution < 1.29 is 4.79 Å². The van der Waals surface area contributed by atoms with E-state index in [-0.39, 0.29) is 11.4 Å². The first-order chi connectivity index (χ1) is 11.4. The molecule has 6 nitrogen and oxygen atoms in total. The quantitative estimate of drug-likeness (QED) is 0.779. The van der Waals surface area contributed by atoms with Crippen molar-refractivity contribution in [1.82, 2.24) is 24.8 Å². The minimum atomic E-state index is -0.321. The number of piperazine rings is 2. The van der Waals surface area contributed by atoms with Crippen LogP contribution in [0.15, 0.2) is 23.2 Å². The van der Waals surface area contributed by atoms with Gasteiger partial charge in [-0.2, -0.15) is 0 Å². The van der Waals surface area contributed by atoms with Crippen molar-refractivity contribution in [2.45, 2.75) is 31.2 Å². The van der Waals surface area contributed by atoms with Crippen LogP contribution in [0.4, 0.5) is 0 Å². The normalized spacial score (nSPS) is 21.6. The Morgan fingerprint density at radius 1 is 1.17 bits per heavy atom. The van der Waals surface area contributed by atoms with Crippen molar-refractivity contribution in [2.24, 2.45) is 0 Å². The molecule has 134 valence electrons. The van der Waals surface area contributed by atoms with E-state index in [1.807, 2.05) is 34.0 Å². The summed E-state index contributed by atoms with van der Waals surface area (Å²) in [6.45, 7) is 12.0. The molecule has 0 saturated carbocycles. The van der Waals surface area contributed by atoms with E-state index in [0.717, 1.165) is 45.0 Å². The summed E-state index contributed by atoms with van der Waals surface area (Å²) in [5.74, 6) is 0.126. The molecule has 0 aliphatic carbocycles. The number of amides is 1. The monoisotopic (exact) mass is 351 g/mol. The van der Waals surface area contributed by atoms with E-state index in [1.54, 1.807) is 11.9 Å². The molecule has 1 aromatic rings. The predicted octanol–water partition coefficient (Wildman–Crippen LogP) is 1.13. The Kier molecular flexibility index (Phi) is 7.03. The Labute approximate surface area is 149 Å². The third-order valence-electron chi connectivity index (χ3n) is 4.44. The molecule has 2 N–H and O–H groups in total. The highest BCUT2D eigenvalue weighted by Gasteiger charge is 2.34. The predicted molar refractivity (Wildman–Crippen MR) is 99.0 cm³/mol. The number of hydrogen-bond donors (Lipinski definition) is 2. The van der Waals surface area contributed by atoms with Gasteiger partial charge in [-0.15, -0.1) is 0 Å². The van der Waals surface area contributed by atoms with Gasteiger partial charge in [0.05, 0.1) is 5.54 Å². The SMILES string of the molecule is CN1CCNC(=O)C1(C)C.Cc1ccc(SN2CCNCC2)cn1. The molecule has 3 heterocycles. The van der Waals surface area contributed by atoms with Gasteiger partial charge in [0.2, 0.25) is 5.91 Å². The van der Waals surface area contributed by atoms with Crippen molar-refractivity contribution in [3.8, 4) is 0 Å². The van der Waals surface area contributed by atoms with Gasteiger partial charge in [-0.25, -0.2) is 4.31 Å². The molecule has 7 heteroatoms. The van der Waals surface area contributed by atoms with Gasteiger partial charge in [0.25, 0.3) is 0 Å². The summed E-state index contributed by atoms with van der Waals surface area (Å²) in [6, 6.07) is 4.19. The molecule has 24 heavy (non-hydrogen) atoms. The topological polar surface area (TPSA) is 60.5 Å². The Balaban J connectivity index is 0.000000185. The van der Waals surface area contributed by atoms with Gasteiger partial charge < -0.3 is 10.6 Å². The highest BCUT2D eigenvalue weighted by molar-refractivity contribution is 7.97. The molecule has 2 aliphatic rings. The van der Waals surface area contributed by atoms with Gasteiger partial charge >= 0.3 is 0 Å². The fourth-order valence-corrected chi connectivity index (χ4v) is 3.29. The van der Waals surface area contributed by atoms with Crippen molar-refractivity contribution in [3.05, 3.63) is 24.0 Å². The van der Waals surface area contributed by atoms with Crippen LogP contribution < -0.4 is 10.6 Å². The van der Waals surface area contributed by atoms with E-state index < -0.39 is 0 Å². The molecule has 1 aromatic heterocycles. The van der Waals surface area contributed by atoms with E-state index in [4.69, 9.17) is 0 Å². The van der Waals surface area contributed by atoms with E-state index in [2.05, 4.69) is 37.0 Å². The Morgan fingerprint density at radius 3 is 2.42 bits per heavy atom. The number of hydrogen-bond acceptors (Lipinski definition) is 6. The van der Waals surface area contributed by atoms with Crippen LogP contribution in [-0.4, -0.2) is 72.0 Å². The second-order valence-corrected chi connectivity index (χ2v) is 7.81. The Morgan fingerprint density at radius 2 is 1.88 bits per heavy atom. The number of pyridine rings is 1. The van der Waals surface area contributed by atoms with Crippen LogP contribution >= 0.6 is 11.9 Å². The first kappa shape index (κ1) is 19.2. The number of likely N-dealkylation sites (N-methyl/N-ethyl adjacent to an activating group) is 1. The summed E-state index contributed by atoms with van der Waals surface area (Å²) in [4.78, 5) is 18.8. The largest absolute Gasteiger partial charge is 0.353 e. The minimum Gasteiger partial charge on any atom is -0.353 e. The molecule has 0 aromatic carbocycles. The van der Waals surface area contributed by atoms with Crippen LogP contribution in [0.2, 0.25) is 0 Å². The lowest BCUT2D eigenvalue weighted by molar-refractivity contribution is -0.133. The zero-order valence-corrected chi connectivity index (χ0v) is 15.9. The molecule has 3 rings (SSSR count). The lowest BCUT2D eigenvalue weighted by atomic mass is 10.0. The van der Waals surface area contributed by atoms with Crippen LogP contribution in [0.5, 0.6) is 0 Å². The number of nitrogens with one attached hydrogen (secondary N) is 2. The van der Waals surface area contributed by atoms with E-state index >= 15 is 0 Å². The lowest BCUT2D eigenvalue weighted by Gasteiger charge is -2.38. The second-order valence-electron chi connectivity index (χ2n) is 6.64. The number of carbonyl (C=O) groups excluding carboxylic acids is 1. The minimum absolute atomic E-state index is 0.126. The van der Waals surface area contributed by atoms with Crippen LogP contribution in [0.1, 0.15) is 19.5 Å². The number of aryl methyl sites for hydroxylation is 1. The average Bonchev–Trinajstić information content (AvgIpc) is 2.57. The molecule has 0 spiro atoms. The molecule has 0 unspecified atom stereocenters. The number of nitrogens with zero attached hydrogens (tertiary/aromatic N) is 3. The van der Waals surface area contributed by atoms with E-state index in [0.29, 0.717) is 0 Å². The highest BCUT2D eigenvalue weighted by Crippen LogP contribution is 2.21. The first-order valence-corrected chi connectivity index (χ1v) is 9.23. The van der Waals surface area contributed by atoms with Crippen molar-refractivity contribution in [3.63, 3.8) is 0 Å². The van der Waals surface area contributed by atoms with Crippen LogP contribution in [0.3, 0.4) is 0 Å². The van der Waals surface area contributed by atoms with Gasteiger partial charge in [0.15, 0.2) is 0 Å². The second kappa shape index (κ2) is 8.80. The fraction of sp³-hybridized carbons (Fsp3) is 0.647.